The van der Waals surface area contributed by atoms with Crippen LogP contribution in [0.4, 0.5) is 0 Å². The van der Waals surface area contributed by atoms with Crippen LogP contribution in [0.25, 0.3) is 16.6 Å². The zero-order valence-electron chi connectivity index (χ0n) is 11.4. The summed E-state index contributed by atoms with van der Waals surface area (Å²) in [5.41, 5.74) is 3.90. The van der Waals surface area contributed by atoms with Gasteiger partial charge in [0.1, 0.15) is 11.8 Å². The molecule has 100 valence electrons. The van der Waals surface area contributed by atoms with Gasteiger partial charge < -0.3 is 9.30 Å². The highest BCUT2D eigenvalue weighted by Gasteiger charge is 2.21. The second kappa shape index (κ2) is 5.03. The van der Waals surface area contributed by atoms with Crippen LogP contribution in [0.3, 0.4) is 0 Å². The Morgan fingerprint density at radius 3 is 2.90 bits per heavy atom. The molecule has 0 atom stereocenters. The number of aromatic nitrogens is 1. The Hall–Kier alpha value is -2.25. The van der Waals surface area contributed by atoms with Crippen molar-refractivity contribution in [2.24, 2.45) is 7.05 Å². The Bertz CT molecular complexity index is 743. The Morgan fingerprint density at radius 2 is 2.25 bits per heavy atom. The van der Waals surface area contributed by atoms with Crippen LogP contribution in [0.5, 0.6) is 0 Å². The maximum atomic E-state index is 9.56. The summed E-state index contributed by atoms with van der Waals surface area (Å²) in [6, 6.07) is 6.43. The van der Waals surface area contributed by atoms with Gasteiger partial charge >= 0.3 is 0 Å². The molecule has 0 fully saturated rings. The van der Waals surface area contributed by atoms with Crippen LogP contribution in [-0.2, 0) is 18.2 Å². The van der Waals surface area contributed by atoms with Gasteiger partial charge in [-0.1, -0.05) is 6.07 Å². The fraction of sp³-hybridized carbons (Fsp3) is 0.188. The van der Waals surface area contributed by atoms with Gasteiger partial charge in [0, 0.05) is 24.7 Å². The molecule has 0 bridgehead atoms. The molecule has 2 heterocycles. The molecule has 0 unspecified atom stereocenters. The highest BCUT2D eigenvalue weighted by Crippen LogP contribution is 2.35. The maximum Gasteiger partial charge on any atom is 0.115 e. The first-order valence-electron chi connectivity index (χ1n) is 6.34. The van der Waals surface area contributed by atoms with Gasteiger partial charge in [-0.15, -0.1) is 11.3 Å². The Kier molecular flexibility index (Phi) is 3.21. The molecule has 3 nitrogen and oxygen atoms in total. The van der Waals surface area contributed by atoms with Crippen LogP contribution in [0.15, 0.2) is 35.4 Å². The molecule has 0 N–H and O–H groups in total. The fourth-order valence-corrected chi connectivity index (χ4v) is 3.39. The number of fused-ring (bicyclic) bond motifs is 1. The minimum atomic E-state index is 0.743. The van der Waals surface area contributed by atoms with E-state index in [0.29, 0.717) is 0 Å². The third-order valence-corrected chi connectivity index (χ3v) is 4.45. The summed E-state index contributed by atoms with van der Waals surface area (Å²) in [7, 11) is 3.68. The summed E-state index contributed by atoms with van der Waals surface area (Å²) in [6.07, 6.45) is 6.71. The van der Waals surface area contributed by atoms with Crippen molar-refractivity contribution in [1.82, 2.24) is 4.57 Å². The molecule has 4 heteroatoms. The fourth-order valence-electron chi connectivity index (χ4n) is 2.58. The average molecular weight is 282 g/mol. The molecular weight excluding hydrogens is 268 g/mol. The van der Waals surface area contributed by atoms with Gasteiger partial charge in [-0.25, -0.2) is 0 Å². The Labute approximate surface area is 122 Å². The summed E-state index contributed by atoms with van der Waals surface area (Å²) in [4.78, 5) is 1.13. The molecule has 1 aliphatic rings. The first-order valence-corrected chi connectivity index (χ1v) is 7.22. The van der Waals surface area contributed by atoms with Gasteiger partial charge in [-0.3, -0.25) is 0 Å². The molecule has 2 aromatic heterocycles. The van der Waals surface area contributed by atoms with Crippen LogP contribution in [0.1, 0.15) is 16.8 Å². The maximum absolute atomic E-state index is 9.56. The Balaban J connectivity index is 2.22. The van der Waals surface area contributed by atoms with Crippen molar-refractivity contribution in [2.45, 2.75) is 6.42 Å². The van der Waals surface area contributed by atoms with Crippen LogP contribution in [-0.4, -0.2) is 11.7 Å². The van der Waals surface area contributed by atoms with Crippen molar-refractivity contribution < 1.29 is 4.74 Å². The average Bonchev–Trinajstić information content (AvgIpc) is 3.00. The van der Waals surface area contributed by atoms with E-state index in [0.717, 1.165) is 39.6 Å². The van der Waals surface area contributed by atoms with Crippen LogP contribution in [0, 0.1) is 11.3 Å². The van der Waals surface area contributed by atoms with E-state index in [-0.39, 0.29) is 0 Å². The topological polar surface area (TPSA) is 37.9 Å². The van der Waals surface area contributed by atoms with E-state index in [1.165, 1.54) is 0 Å². The molecule has 0 saturated heterocycles. The normalized spacial score (nSPS) is 13.3. The monoisotopic (exact) mass is 282 g/mol. The predicted molar refractivity (Wildman–Crippen MR) is 81.3 cm³/mol. The minimum absolute atomic E-state index is 0.743. The molecule has 0 saturated carbocycles. The third-order valence-electron chi connectivity index (χ3n) is 3.57. The number of allylic oxidation sites excluding steroid dienone is 2. The zero-order chi connectivity index (χ0) is 14.1. The van der Waals surface area contributed by atoms with Crippen molar-refractivity contribution in [3.05, 3.63) is 52.2 Å². The van der Waals surface area contributed by atoms with Gasteiger partial charge in [0.05, 0.1) is 23.2 Å². The number of hydrogen-bond donors (Lipinski definition) is 0. The molecule has 0 aliphatic heterocycles. The molecule has 0 aromatic carbocycles. The van der Waals surface area contributed by atoms with E-state index < -0.39 is 0 Å². The molecule has 0 spiro atoms. The summed E-state index contributed by atoms with van der Waals surface area (Å²) >= 11 is 1.66. The van der Waals surface area contributed by atoms with Gasteiger partial charge in [0.25, 0.3) is 0 Å². The Morgan fingerprint density at radius 1 is 1.40 bits per heavy atom. The number of rotatable bonds is 2. The molecular formula is C16H14N2OS. The molecule has 2 aromatic rings. The second-order valence-electron chi connectivity index (χ2n) is 4.58. The lowest BCUT2D eigenvalue weighted by molar-refractivity contribution is 0.306. The van der Waals surface area contributed by atoms with E-state index >= 15 is 0 Å². The number of ether oxygens (including phenoxy) is 1. The highest BCUT2D eigenvalue weighted by molar-refractivity contribution is 7.13. The number of methoxy groups -OCH3 is 1. The second-order valence-corrected chi connectivity index (χ2v) is 5.53. The summed E-state index contributed by atoms with van der Waals surface area (Å²) in [6.45, 7) is 0. The first-order chi connectivity index (χ1) is 9.76. The van der Waals surface area contributed by atoms with Crippen LogP contribution in [0.2, 0.25) is 0 Å². The highest BCUT2D eigenvalue weighted by atomic mass is 32.1. The number of nitriles is 1. The van der Waals surface area contributed by atoms with Crippen LogP contribution >= 0.6 is 11.3 Å². The van der Waals surface area contributed by atoms with Crippen molar-refractivity contribution in [1.29, 1.82) is 5.26 Å². The lowest BCUT2D eigenvalue weighted by Gasteiger charge is -2.05. The summed E-state index contributed by atoms with van der Waals surface area (Å²) in [5, 5.41) is 11.6. The smallest absolute Gasteiger partial charge is 0.115 e. The minimum Gasteiger partial charge on any atom is -0.497 e. The van der Waals surface area contributed by atoms with Crippen molar-refractivity contribution in [2.75, 3.05) is 7.11 Å². The number of thiophene rings is 1. The van der Waals surface area contributed by atoms with Crippen molar-refractivity contribution >= 4 is 17.4 Å². The van der Waals surface area contributed by atoms with Crippen molar-refractivity contribution in [3.8, 4) is 16.6 Å². The number of hydrogen-bond acceptors (Lipinski definition) is 3. The lowest BCUT2D eigenvalue weighted by atomic mass is 10.1. The van der Waals surface area contributed by atoms with Gasteiger partial charge in [0.15, 0.2) is 0 Å². The molecule has 3 rings (SSSR count). The van der Waals surface area contributed by atoms with E-state index in [1.54, 1.807) is 18.4 Å². The van der Waals surface area contributed by atoms with Gasteiger partial charge in [-0.05, 0) is 29.7 Å². The van der Waals surface area contributed by atoms with Crippen LogP contribution < -0.4 is 0 Å². The standard InChI is InChI=1S/C16H14N2OS/c1-18-14-8-6-11(19-2)5-7-12(14)13(10-17)16(18)15-4-3-9-20-15/h3-7,9H,8H2,1-2H3. The summed E-state index contributed by atoms with van der Waals surface area (Å²) in [5.74, 6) is 0.836. The van der Waals surface area contributed by atoms with E-state index in [4.69, 9.17) is 4.74 Å². The molecule has 20 heavy (non-hydrogen) atoms. The van der Waals surface area contributed by atoms with Crippen molar-refractivity contribution in [3.63, 3.8) is 0 Å². The zero-order valence-corrected chi connectivity index (χ0v) is 12.2. The summed E-state index contributed by atoms with van der Waals surface area (Å²) < 4.78 is 7.40. The molecule has 0 amide bonds. The third kappa shape index (κ3) is 1.87. The molecule has 0 radical (unpaired) electrons. The largest absolute Gasteiger partial charge is 0.497 e. The predicted octanol–water partition coefficient (Wildman–Crippen LogP) is 3.72. The van der Waals surface area contributed by atoms with E-state index in [9.17, 15) is 5.26 Å². The van der Waals surface area contributed by atoms with Gasteiger partial charge in [-0.2, -0.15) is 5.26 Å². The lowest BCUT2D eigenvalue weighted by Crippen LogP contribution is -1.97. The van der Waals surface area contributed by atoms with E-state index in [2.05, 4.69) is 16.7 Å². The quantitative estimate of drug-likeness (QED) is 0.842. The first kappa shape index (κ1) is 12.8. The number of nitrogens with zero attached hydrogens (tertiary/aromatic N) is 2. The van der Waals surface area contributed by atoms with Gasteiger partial charge in [0.2, 0.25) is 0 Å². The SMILES string of the molecule is COC1=CCc2c(c(C#N)c(-c3cccs3)n2C)C=C1. The van der Waals surface area contributed by atoms with E-state index in [1.807, 2.05) is 36.7 Å². The molecule has 1 aliphatic carbocycles.